The third kappa shape index (κ3) is 5.31. The molecule has 1 saturated heterocycles. The number of amides is 2. The van der Waals surface area contributed by atoms with Crippen molar-refractivity contribution in [1.82, 2.24) is 9.47 Å². The van der Waals surface area contributed by atoms with E-state index in [1.54, 1.807) is 6.08 Å². The summed E-state index contributed by atoms with van der Waals surface area (Å²) < 4.78 is 7.21. The van der Waals surface area contributed by atoms with Crippen LogP contribution in [0.5, 0.6) is 0 Å². The summed E-state index contributed by atoms with van der Waals surface area (Å²) in [5, 5.41) is 1.17. The number of carbonyl (C=O) groups excluding carboxylic acids is 3. The van der Waals surface area contributed by atoms with Crippen molar-refractivity contribution in [1.29, 1.82) is 0 Å². The van der Waals surface area contributed by atoms with Gasteiger partial charge in [-0.3, -0.25) is 19.3 Å². The number of thioether (sulfide) groups is 1. The lowest BCUT2D eigenvalue weighted by atomic mass is 10.1. The molecule has 0 unspecified atom stereocenters. The Morgan fingerprint density at radius 3 is 2.58 bits per heavy atom. The van der Waals surface area contributed by atoms with Gasteiger partial charge in [-0.25, -0.2) is 0 Å². The summed E-state index contributed by atoms with van der Waals surface area (Å²) in [7, 11) is 0. The quantitative estimate of drug-likeness (QED) is 0.325. The van der Waals surface area contributed by atoms with Crippen LogP contribution in [0.15, 0.2) is 59.6 Å². The SMILES string of the molecule is CC(C)COC(=O)CN1C(=O)S/C(=C\c2cn(Cc3ccc(Cl)cc3)c3ccccc23)C1=O. The van der Waals surface area contributed by atoms with Crippen molar-refractivity contribution >= 4 is 57.5 Å². The molecule has 3 aromatic rings. The Hall–Kier alpha value is -3.03. The van der Waals surface area contributed by atoms with Crippen LogP contribution in [0.2, 0.25) is 5.02 Å². The molecule has 4 rings (SSSR count). The second kappa shape index (κ2) is 9.85. The standard InChI is InChI=1S/C25H23ClN2O4S/c1-16(2)15-32-23(29)14-28-24(30)22(33-25(28)31)11-18-13-27(21-6-4-3-5-20(18)21)12-17-7-9-19(26)10-8-17/h3-11,13,16H,12,14-15H2,1-2H3/b22-11-. The summed E-state index contributed by atoms with van der Waals surface area (Å²) in [5.41, 5.74) is 2.93. The number of fused-ring (bicyclic) bond motifs is 1. The van der Waals surface area contributed by atoms with Crippen molar-refractivity contribution in [2.75, 3.05) is 13.2 Å². The third-order valence-corrected chi connectivity index (χ3v) is 6.27. The van der Waals surface area contributed by atoms with Gasteiger partial charge < -0.3 is 9.30 Å². The monoisotopic (exact) mass is 482 g/mol. The Labute approximate surface area is 201 Å². The van der Waals surface area contributed by atoms with Gasteiger partial charge in [0.2, 0.25) is 0 Å². The highest BCUT2D eigenvalue weighted by atomic mass is 35.5. The Kier molecular flexibility index (Phi) is 6.91. The molecule has 33 heavy (non-hydrogen) atoms. The van der Waals surface area contributed by atoms with Gasteiger partial charge in [-0.15, -0.1) is 0 Å². The molecule has 0 saturated carbocycles. The Morgan fingerprint density at radius 1 is 1.12 bits per heavy atom. The molecule has 1 aromatic heterocycles. The maximum Gasteiger partial charge on any atom is 0.326 e. The van der Waals surface area contributed by atoms with Gasteiger partial charge in [0, 0.05) is 34.2 Å². The highest BCUT2D eigenvalue weighted by molar-refractivity contribution is 8.18. The smallest absolute Gasteiger partial charge is 0.326 e. The zero-order valence-corrected chi connectivity index (χ0v) is 19.9. The van der Waals surface area contributed by atoms with E-state index < -0.39 is 17.1 Å². The predicted molar refractivity (Wildman–Crippen MR) is 131 cm³/mol. The largest absolute Gasteiger partial charge is 0.464 e. The van der Waals surface area contributed by atoms with Crippen LogP contribution >= 0.6 is 23.4 Å². The second-order valence-corrected chi connectivity index (χ2v) is 9.63. The van der Waals surface area contributed by atoms with Gasteiger partial charge >= 0.3 is 5.97 Å². The molecule has 2 heterocycles. The minimum Gasteiger partial charge on any atom is -0.464 e. The first-order valence-corrected chi connectivity index (χ1v) is 11.7. The summed E-state index contributed by atoms with van der Waals surface area (Å²) >= 11 is 6.83. The molecule has 0 bridgehead atoms. The molecular weight excluding hydrogens is 460 g/mol. The molecule has 0 atom stereocenters. The van der Waals surface area contributed by atoms with E-state index in [0.29, 0.717) is 11.6 Å². The molecule has 8 heteroatoms. The maximum absolute atomic E-state index is 12.8. The molecule has 1 aliphatic rings. The van der Waals surface area contributed by atoms with Crippen molar-refractivity contribution in [3.8, 4) is 0 Å². The number of aromatic nitrogens is 1. The summed E-state index contributed by atoms with van der Waals surface area (Å²) in [5.74, 6) is -0.901. The van der Waals surface area contributed by atoms with Crippen LogP contribution in [0.25, 0.3) is 17.0 Å². The minimum absolute atomic E-state index is 0.175. The molecule has 6 nitrogen and oxygen atoms in total. The molecular formula is C25H23ClN2O4S. The van der Waals surface area contributed by atoms with Crippen molar-refractivity contribution < 1.29 is 19.1 Å². The van der Waals surface area contributed by atoms with Crippen molar-refractivity contribution in [3.05, 3.63) is 75.8 Å². The number of halogens is 1. The fourth-order valence-electron chi connectivity index (χ4n) is 3.52. The zero-order chi connectivity index (χ0) is 23.5. The summed E-state index contributed by atoms with van der Waals surface area (Å²) in [6.45, 7) is 4.33. The average molecular weight is 483 g/mol. The van der Waals surface area contributed by atoms with E-state index in [0.717, 1.165) is 38.7 Å². The summed E-state index contributed by atoms with van der Waals surface area (Å²) in [6, 6.07) is 15.5. The van der Waals surface area contributed by atoms with Crippen LogP contribution in [0.3, 0.4) is 0 Å². The van der Waals surface area contributed by atoms with E-state index in [1.165, 1.54) is 0 Å². The van der Waals surface area contributed by atoms with Crippen molar-refractivity contribution in [2.24, 2.45) is 5.92 Å². The minimum atomic E-state index is -0.591. The van der Waals surface area contributed by atoms with Crippen LogP contribution in [0, 0.1) is 5.92 Å². The Morgan fingerprint density at radius 2 is 1.85 bits per heavy atom. The Bertz CT molecular complexity index is 1250. The van der Waals surface area contributed by atoms with Gasteiger partial charge in [-0.1, -0.05) is 55.8 Å². The molecule has 2 aromatic carbocycles. The fourth-order valence-corrected chi connectivity index (χ4v) is 4.47. The molecule has 0 spiro atoms. The van der Waals surface area contributed by atoms with Crippen LogP contribution in [-0.2, 0) is 20.9 Å². The number of carbonyl (C=O) groups is 3. The van der Waals surface area contributed by atoms with E-state index in [1.807, 2.05) is 68.6 Å². The molecule has 0 aliphatic carbocycles. The number of hydrogen-bond acceptors (Lipinski definition) is 5. The second-order valence-electron chi connectivity index (χ2n) is 8.20. The van der Waals surface area contributed by atoms with Gasteiger partial charge in [-0.05, 0) is 47.5 Å². The first-order chi connectivity index (χ1) is 15.8. The number of rotatable bonds is 7. The number of ether oxygens (including phenoxy) is 1. The summed E-state index contributed by atoms with van der Waals surface area (Å²) in [6.07, 6.45) is 3.68. The van der Waals surface area contributed by atoms with Crippen LogP contribution in [-0.4, -0.2) is 39.7 Å². The van der Waals surface area contributed by atoms with Crippen molar-refractivity contribution in [2.45, 2.75) is 20.4 Å². The zero-order valence-electron chi connectivity index (χ0n) is 18.3. The topological polar surface area (TPSA) is 68.6 Å². The van der Waals surface area contributed by atoms with E-state index >= 15 is 0 Å². The Balaban J connectivity index is 1.58. The van der Waals surface area contributed by atoms with Crippen molar-refractivity contribution in [3.63, 3.8) is 0 Å². The molecule has 0 N–H and O–H groups in total. The van der Waals surface area contributed by atoms with E-state index in [-0.39, 0.29) is 24.0 Å². The molecule has 1 fully saturated rings. The lowest BCUT2D eigenvalue weighted by Gasteiger charge is -2.12. The van der Waals surface area contributed by atoms with Gasteiger partial charge in [0.05, 0.1) is 11.5 Å². The first-order valence-electron chi connectivity index (χ1n) is 10.5. The third-order valence-electron chi connectivity index (χ3n) is 5.11. The van der Waals surface area contributed by atoms with Crippen LogP contribution in [0.4, 0.5) is 4.79 Å². The summed E-state index contributed by atoms with van der Waals surface area (Å²) in [4.78, 5) is 38.5. The van der Waals surface area contributed by atoms with Gasteiger partial charge in [-0.2, -0.15) is 0 Å². The normalized spacial score (nSPS) is 15.3. The molecule has 2 amide bonds. The number of benzene rings is 2. The molecule has 0 radical (unpaired) electrons. The van der Waals surface area contributed by atoms with Gasteiger partial charge in [0.15, 0.2) is 0 Å². The van der Waals surface area contributed by atoms with Crippen LogP contribution < -0.4 is 0 Å². The average Bonchev–Trinajstić information content (AvgIpc) is 3.26. The van der Waals surface area contributed by atoms with Crippen LogP contribution in [0.1, 0.15) is 25.0 Å². The molecule has 170 valence electrons. The predicted octanol–water partition coefficient (Wildman–Crippen LogP) is 5.58. The van der Waals surface area contributed by atoms with E-state index in [2.05, 4.69) is 4.57 Å². The lowest BCUT2D eigenvalue weighted by Crippen LogP contribution is -2.34. The first kappa shape index (κ1) is 23.1. The van der Waals surface area contributed by atoms with E-state index in [9.17, 15) is 14.4 Å². The number of para-hydroxylation sites is 1. The number of imide groups is 1. The van der Waals surface area contributed by atoms with Gasteiger partial charge in [0.25, 0.3) is 11.1 Å². The lowest BCUT2D eigenvalue weighted by molar-refractivity contribution is -0.147. The van der Waals surface area contributed by atoms with E-state index in [4.69, 9.17) is 16.3 Å². The number of nitrogens with zero attached hydrogens (tertiary/aromatic N) is 2. The van der Waals surface area contributed by atoms with Gasteiger partial charge in [0.1, 0.15) is 6.54 Å². The number of esters is 1. The number of hydrogen-bond donors (Lipinski definition) is 0. The fraction of sp³-hybridized carbons (Fsp3) is 0.240. The highest BCUT2D eigenvalue weighted by Gasteiger charge is 2.36. The highest BCUT2D eigenvalue weighted by Crippen LogP contribution is 2.34. The molecule has 1 aliphatic heterocycles. The maximum atomic E-state index is 12.8.